The van der Waals surface area contributed by atoms with E-state index in [9.17, 15) is 8.78 Å². The van der Waals surface area contributed by atoms with Gasteiger partial charge >= 0.3 is 0 Å². The molecule has 0 amide bonds. The first kappa shape index (κ1) is 9.33. The Kier molecular flexibility index (Phi) is 2.11. The molecule has 0 spiro atoms. The van der Waals surface area contributed by atoms with E-state index in [1.165, 1.54) is 18.2 Å². The number of halogens is 3. The van der Waals surface area contributed by atoms with E-state index in [-0.39, 0.29) is 15.7 Å². The maximum atomic E-state index is 13.3. The molecule has 14 heavy (non-hydrogen) atoms. The van der Waals surface area contributed by atoms with Crippen molar-refractivity contribution < 1.29 is 8.78 Å². The standard InChI is InChI=1S/C9H5BrF2N2/c10-5-3-6-4(8(11)9(5)12)1-2-7(13)14-6/h1-3H,(H2,13,14). The van der Waals surface area contributed by atoms with Crippen LogP contribution in [0, 0.1) is 11.6 Å². The molecular formula is C9H5BrF2N2. The van der Waals surface area contributed by atoms with Gasteiger partial charge in [0.2, 0.25) is 0 Å². The van der Waals surface area contributed by atoms with Crippen LogP contribution in [-0.2, 0) is 0 Å². The second kappa shape index (κ2) is 3.16. The largest absolute Gasteiger partial charge is 0.384 e. The highest BCUT2D eigenvalue weighted by atomic mass is 79.9. The van der Waals surface area contributed by atoms with Crippen LogP contribution in [0.2, 0.25) is 0 Å². The Hall–Kier alpha value is -1.23. The molecule has 0 radical (unpaired) electrons. The third kappa shape index (κ3) is 1.33. The van der Waals surface area contributed by atoms with Crippen LogP contribution in [0.1, 0.15) is 0 Å². The van der Waals surface area contributed by atoms with Crippen molar-refractivity contribution in [3.05, 3.63) is 34.3 Å². The molecule has 0 saturated heterocycles. The first-order valence-corrected chi connectivity index (χ1v) is 4.58. The van der Waals surface area contributed by atoms with Gasteiger partial charge in [-0.15, -0.1) is 0 Å². The number of aromatic nitrogens is 1. The van der Waals surface area contributed by atoms with Gasteiger partial charge < -0.3 is 5.73 Å². The molecule has 0 aliphatic rings. The molecule has 0 saturated carbocycles. The highest BCUT2D eigenvalue weighted by molar-refractivity contribution is 9.10. The number of hydrogen-bond acceptors (Lipinski definition) is 2. The van der Waals surface area contributed by atoms with E-state index in [1.54, 1.807) is 0 Å². The van der Waals surface area contributed by atoms with E-state index in [0.717, 1.165) is 0 Å². The Labute approximate surface area is 86.9 Å². The Morgan fingerprint density at radius 1 is 1.21 bits per heavy atom. The van der Waals surface area contributed by atoms with Crippen molar-refractivity contribution in [2.45, 2.75) is 0 Å². The van der Waals surface area contributed by atoms with Gasteiger partial charge in [0.05, 0.1) is 9.99 Å². The minimum absolute atomic E-state index is 0.0422. The van der Waals surface area contributed by atoms with Gasteiger partial charge in [-0.25, -0.2) is 13.8 Å². The number of nitrogens with zero attached hydrogens (tertiary/aromatic N) is 1. The Morgan fingerprint density at radius 2 is 1.93 bits per heavy atom. The number of fused-ring (bicyclic) bond motifs is 1. The number of pyridine rings is 1. The smallest absolute Gasteiger partial charge is 0.173 e. The maximum Gasteiger partial charge on any atom is 0.173 e. The average molecular weight is 259 g/mol. The molecule has 1 aromatic heterocycles. The maximum absolute atomic E-state index is 13.3. The van der Waals surface area contributed by atoms with Crippen LogP contribution >= 0.6 is 15.9 Å². The van der Waals surface area contributed by atoms with Crippen LogP contribution in [-0.4, -0.2) is 4.98 Å². The topological polar surface area (TPSA) is 38.9 Å². The fraction of sp³-hybridized carbons (Fsp3) is 0. The van der Waals surface area contributed by atoms with Gasteiger partial charge in [0.15, 0.2) is 11.6 Å². The Bertz CT molecular complexity index is 514. The molecule has 72 valence electrons. The number of nitrogen functional groups attached to an aromatic ring is 1. The lowest BCUT2D eigenvalue weighted by Crippen LogP contribution is -1.94. The molecule has 1 heterocycles. The van der Waals surface area contributed by atoms with Gasteiger partial charge in [0.25, 0.3) is 0 Å². The van der Waals surface area contributed by atoms with Gasteiger partial charge in [0.1, 0.15) is 5.82 Å². The molecule has 2 aromatic rings. The summed E-state index contributed by atoms with van der Waals surface area (Å²) in [6, 6.07) is 4.23. The van der Waals surface area contributed by atoms with Crippen molar-refractivity contribution in [3.63, 3.8) is 0 Å². The minimum Gasteiger partial charge on any atom is -0.384 e. The normalized spacial score (nSPS) is 10.8. The summed E-state index contributed by atoms with van der Waals surface area (Å²) in [5, 5.41) is 0.125. The molecule has 1 aromatic carbocycles. The van der Waals surface area contributed by atoms with Crippen molar-refractivity contribution in [3.8, 4) is 0 Å². The van der Waals surface area contributed by atoms with Gasteiger partial charge in [0, 0.05) is 5.39 Å². The van der Waals surface area contributed by atoms with Crippen LogP contribution in [0.25, 0.3) is 10.9 Å². The van der Waals surface area contributed by atoms with Crippen molar-refractivity contribution in [2.75, 3.05) is 5.73 Å². The van der Waals surface area contributed by atoms with E-state index in [1.807, 2.05) is 0 Å². The number of nitrogens with two attached hydrogens (primary N) is 1. The zero-order valence-corrected chi connectivity index (χ0v) is 8.48. The lowest BCUT2D eigenvalue weighted by Gasteiger charge is -2.02. The first-order chi connectivity index (χ1) is 6.59. The van der Waals surface area contributed by atoms with E-state index in [2.05, 4.69) is 20.9 Å². The van der Waals surface area contributed by atoms with Gasteiger partial charge in [-0.1, -0.05) is 0 Å². The lowest BCUT2D eigenvalue weighted by molar-refractivity contribution is 0.512. The fourth-order valence-corrected chi connectivity index (χ4v) is 1.58. The summed E-state index contributed by atoms with van der Waals surface area (Å²) < 4.78 is 26.4. The summed E-state index contributed by atoms with van der Waals surface area (Å²) in [7, 11) is 0. The van der Waals surface area contributed by atoms with E-state index >= 15 is 0 Å². The van der Waals surface area contributed by atoms with Crippen LogP contribution in [0.4, 0.5) is 14.6 Å². The summed E-state index contributed by atoms with van der Waals surface area (Å²) in [5.74, 6) is -1.55. The summed E-state index contributed by atoms with van der Waals surface area (Å²) in [5.41, 5.74) is 5.75. The molecular weight excluding hydrogens is 254 g/mol. The summed E-state index contributed by atoms with van der Waals surface area (Å²) in [4.78, 5) is 3.88. The predicted molar refractivity (Wildman–Crippen MR) is 53.8 cm³/mol. The molecule has 0 fully saturated rings. The summed E-state index contributed by atoms with van der Waals surface area (Å²) in [6.45, 7) is 0. The van der Waals surface area contributed by atoms with Gasteiger partial charge in [-0.3, -0.25) is 0 Å². The molecule has 0 unspecified atom stereocenters. The van der Waals surface area contributed by atoms with Crippen molar-refractivity contribution in [1.82, 2.24) is 4.98 Å². The number of anilines is 1. The first-order valence-electron chi connectivity index (χ1n) is 3.79. The van der Waals surface area contributed by atoms with Crippen LogP contribution < -0.4 is 5.73 Å². The molecule has 2 N–H and O–H groups in total. The molecule has 0 aliphatic carbocycles. The minimum atomic E-state index is -0.915. The highest BCUT2D eigenvalue weighted by Crippen LogP contribution is 2.26. The van der Waals surface area contributed by atoms with Crippen molar-refractivity contribution >= 4 is 32.7 Å². The molecule has 0 aliphatic heterocycles. The van der Waals surface area contributed by atoms with Crippen LogP contribution in [0.15, 0.2) is 22.7 Å². The average Bonchev–Trinajstić information content (AvgIpc) is 2.14. The Morgan fingerprint density at radius 3 is 2.64 bits per heavy atom. The third-order valence-corrected chi connectivity index (χ3v) is 2.43. The summed E-state index contributed by atoms with van der Waals surface area (Å²) in [6.07, 6.45) is 0. The highest BCUT2D eigenvalue weighted by Gasteiger charge is 2.12. The van der Waals surface area contributed by atoms with E-state index in [4.69, 9.17) is 5.73 Å². The SMILES string of the molecule is Nc1ccc2c(F)c(F)c(Br)cc2n1. The van der Waals surface area contributed by atoms with Crippen LogP contribution in [0.3, 0.4) is 0 Å². The quantitative estimate of drug-likeness (QED) is 0.739. The second-order valence-electron chi connectivity index (χ2n) is 2.79. The summed E-state index contributed by atoms with van der Waals surface area (Å²) >= 11 is 2.90. The zero-order valence-electron chi connectivity index (χ0n) is 6.89. The zero-order chi connectivity index (χ0) is 10.3. The van der Waals surface area contributed by atoms with Gasteiger partial charge in [-0.05, 0) is 34.1 Å². The second-order valence-corrected chi connectivity index (χ2v) is 3.64. The number of rotatable bonds is 0. The third-order valence-electron chi connectivity index (χ3n) is 1.85. The van der Waals surface area contributed by atoms with E-state index < -0.39 is 11.6 Å². The molecule has 0 atom stereocenters. The van der Waals surface area contributed by atoms with Crippen molar-refractivity contribution in [2.24, 2.45) is 0 Å². The predicted octanol–water partition coefficient (Wildman–Crippen LogP) is 2.86. The molecule has 0 bridgehead atoms. The Balaban J connectivity index is 2.91. The van der Waals surface area contributed by atoms with Crippen LogP contribution in [0.5, 0.6) is 0 Å². The van der Waals surface area contributed by atoms with Gasteiger partial charge in [-0.2, -0.15) is 0 Å². The lowest BCUT2D eigenvalue weighted by atomic mass is 10.2. The van der Waals surface area contributed by atoms with E-state index in [0.29, 0.717) is 5.52 Å². The molecule has 5 heteroatoms. The molecule has 2 rings (SSSR count). The number of benzene rings is 1. The fourth-order valence-electron chi connectivity index (χ4n) is 1.19. The molecule has 2 nitrogen and oxygen atoms in total. The monoisotopic (exact) mass is 258 g/mol. The number of hydrogen-bond donors (Lipinski definition) is 1. The van der Waals surface area contributed by atoms with Crippen molar-refractivity contribution in [1.29, 1.82) is 0 Å².